The average molecular weight is 315 g/mol. The molecule has 2 rings (SSSR count). The Morgan fingerprint density at radius 1 is 1.00 bits per heavy atom. The van der Waals surface area contributed by atoms with Gasteiger partial charge in [0.2, 0.25) is 0 Å². The van der Waals surface area contributed by atoms with Crippen LogP contribution in [0.1, 0.15) is 5.56 Å². The van der Waals surface area contributed by atoms with E-state index >= 15 is 0 Å². The van der Waals surface area contributed by atoms with E-state index in [-0.39, 0.29) is 0 Å². The number of para-hydroxylation sites is 3. The second-order valence-corrected chi connectivity index (χ2v) is 4.67. The van der Waals surface area contributed by atoms with E-state index in [1.165, 1.54) is 0 Å². The van der Waals surface area contributed by atoms with Gasteiger partial charge in [-0.1, -0.05) is 24.3 Å². The van der Waals surface area contributed by atoms with Crippen molar-refractivity contribution in [1.29, 1.82) is 0 Å². The number of nitrogens with zero attached hydrogens (tertiary/aromatic N) is 1. The molecule has 0 spiro atoms. The van der Waals surface area contributed by atoms with Gasteiger partial charge in [-0.3, -0.25) is 5.43 Å². The fourth-order valence-corrected chi connectivity index (χ4v) is 1.99. The normalized spacial score (nSPS) is 10.3. The summed E-state index contributed by atoms with van der Waals surface area (Å²) < 4.78 is 10.5. The summed E-state index contributed by atoms with van der Waals surface area (Å²) in [6, 6.07) is 15.1. The van der Waals surface area contributed by atoms with E-state index in [2.05, 4.69) is 15.8 Å². The van der Waals surface area contributed by atoms with Crippen LogP contribution in [0.25, 0.3) is 0 Å². The summed E-state index contributed by atoms with van der Waals surface area (Å²) in [7, 11) is 3.23. The zero-order chi connectivity index (χ0) is 15.8. The lowest BCUT2D eigenvalue weighted by molar-refractivity contribution is 0.414. The first kappa shape index (κ1) is 15.8. The minimum absolute atomic E-state index is 0.371. The Labute approximate surface area is 134 Å². The van der Waals surface area contributed by atoms with E-state index in [1.807, 2.05) is 48.5 Å². The van der Waals surface area contributed by atoms with Crippen molar-refractivity contribution in [2.24, 2.45) is 5.10 Å². The maximum absolute atomic E-state index is 5.25. The number of nitrogens with one attached hydrogen (secondary N) is 2. The number of anilines is 1. The first-order valence-electron chi connectivity index (χ1n) is 6.60. The predicted octanol–water partition coefficient (Wildman–Crippen LogP) is 3.02. The SMILES string of the molecule is COc1ccccc1C=NNC(=S)Nc1ccccc1OC. The molecule has 6 heteroatoms. The number of hydrogen-bond donors (Lipinski definition) is 2. The molecule has 0 amide bonds. The molecule has 2 aromatic carbocycles. The van der Waals surface area contributed by atoms with Crippen LogP contribution in [0.4, 0.5) is 5.69 Å². The molecule has 2 N–H and O–H groups in total. The molecule has 0 aliphatic heterocycles. The van der Waals surface area contributed by atoms with Gasteiger partial charge in [0.25, 0.3) is 0 Å². The molecule has 22 heavy (non-hydrogen) atoms. The summed E-state index contributed by atoms with van der Waals surface area (Å²) in [4.78, 5) is 0. The summed E-state index contributed by atoms with van der Waals surface area (Å²) in [5, 5.41) is 7.50. The standard InChI is InChI=1S/C16H17N3O2S/c1-20-14-9-5-3-7-12(14)11-17-19-16(22)18-13-8-4-6-10-15(13)21-2/h3-11H,1-2H3,(H2,18,19,22). The van der Waals surface area contributed by atoms with Crippen LogP contribution in [0.3, 0.4) is 0 Å². The van der Waals surface area contributed by atoms with Gasteiger partial charge in [0.05, 0.1) is 26.1 Å². The number of benzene rings is 2. The number of hydrazone groups is 1. The molecule has 0 aliphatic rings. The Balaban J connectivity index is 1.96. The number of ether oxygens (including phenoxy) is 2. The molecule has 0 fully saturated rings. The van der Waals surface area contributed by atoms with Crippen molar-refractivity contribution in [1.82, 2.24) is 5.43 Å². The van der Waals surface area contributed by atoms with Gasteiger partial charge in [-0.05, 0) is 36.5 Å². The zero-order valence-corrected chi connectivity index (χ0v) is 13.2. The highest BCUT2D eigenvalue weighted by Crippen LogP contribution is 2.22. The highest BCUT2D eigenvalue weighted by Gasteiger charge is 2.03. The van der Waals surface area contributed by atoms with Crippen LogP contribution in [0, 0.1) is 0 Å². The molecule has 0 saturated heterocycles. The topological polar surface area (TPSA) is 54.9 Å². The Bertz CT molecular complexity index is 674. The molecule has 0 unspecified atom stereocenters. The van der Waals surface area contributed by atoms with Gasteiger partial charge in [-0.2, -0.15) is 5.10 Å². The quantitative estimate of drug-likeness (QED) is 0.505. The molecule has 0 heterocycles. The molecule has 0 saturated carbocycles. The zero-order valence-electron chi connectivity index (χ0n) is 12.4. The lowest BCUT2D eigenvalue weighted by atomic mass is 10.2. The summed E-state index contributed by atoms with van der Waals surface area (Å²) in [5.41, 5.74) is 4.39. The Kier molecular flexibility index (Phi) is 5.73. The average Bonchev–Trinajstić information content (AvgIpc) is 2.55. The Morgan fingerprint density at radius 3 is 2.36 bits per heavy atom. The maximum atomic E-state index is 5.25. The summed E-state index contributed by atoms with van der Waals surface area (Å²) in [6.45, 7) is 0. The predicted molar refractivity (Wildman–Crippen MR) is 92.9 cm³/mol. The largest absolute Gasteiger partial charge is 0.496 e. The summed E-state index contributed by atoms with van der Waals surface area (Å²) in [5.74, 6) is 1.46. The minimum Gasteiger partial charge on any atom is -0.496 e. The molecule has 0 radical (unpaired) electrons. The molecule has 0 bridgehead atoms. The van der Waals surface area contributed by atoms with Crippen LogP contribution in [0.5, 0.6) is 11.5 Å². The van der Waals surface area contributed by atoms with Gasteiger partial charge in [0.1, 0.15) is 11.5 Å². The lowest BCUT2D eigenvalue weighted by Crippen LogP contribution is -2.24. The van der Waals surface area contributed by atoms with Crippen molar-refractivity contribution in [2.45, 2.75) is 0 Å². The second-order valence-electron chi connectivity index (χ2n) is 4.27. The van der Waals surface area contributed by atoms with Crippen molar-refractivity contribution in [3.63, 3.8) is 0 Å². The number of methoxy groups -OCH3 is 2. The molecular weight excluding hydrogens is 298 g/mol. The molecule has 114 valence electrons. The summed E-state index contributed by atoms with van der Waals surface area (Å²) in [6.07, 6.45) is 1.65. The van der Waals surface area contributed by atoms with E-state index in [0.717, 1.165) is 17.0 Å². The monoisotopic (exact) mass is 315 g/mol. The third kappa shape index (κ3) is 4.20. The summed E-state index contributed by atoms with van der Waals surface area (Å²) >= 11 is 5.20. The lowest BCUT2D eigenvalue weighted by Gasteiger charge is -2.10. The van der Waals surface area contributed by atoms with Gasteiger partial charge in [-0.15, -0.1) is 0 Å². The highest BCUT2D eigenvalue weighted by molar-refractivity contribution is 7.80. The van der Waals surface area contributed by atoms with Gasteiger partial charge in [-0.25, -0.2) is 0 Å². The van der Waals surface area contributed by atoms with Crippen LogP contribution >= 0.6 is 12.2 Å². The van der Waals surface area contributed by atoms with Crippen LogP contribution < -0.4 is 20.2 Å². The van der Waals surface area contributed by atoms with Crippen molar-refractivity contribution < 1.29 is 9.47 Å². The first-order chi connectivity index (χ1) is 10.7. The fourth-order valence-electron chi connectivity index (χ4n) is 1.83. The third-order valence-electron chi connectivity index (χ3n) is 2.86. The Hall–Kier alpha value is -2.60. The second kappa shape index (κ2) is 7.99. The highest BCUT2D eigenvalue weighted by atomic mass is 32.1. The number of rotatable bonds is 5. The first-order valence-corrected chi connectivity index (χ1v) is 7.01. The van der Waals surface area contributed by atoms with E-state index in [9.17, 15) is 0 Å². The van der Waals surface area contributed by atoms with Gasteiger partial charge < -0.3 is 14.8 Å². The fraction of sp³-hybridized carbons (Fsp3) is 0.125. The van der Waals surface area contributed by atoms with E-state index in [4.69, 9.17) is 21.7 Å². The van der Waals surface area contributed by atoms with Gasteiger partial charge in [0, 0.05) is 5.56 Å². The van der Waals surface area contributed by atoms with Crippen molar-refractivity contribution >= 4 is 29.2 Å². The maximum Gasteiger partial charge on any atom is 0.191 e. The van der Waals surface area contributed by atoms with E-state index in [1.54, 1.807) is 20.4 Å². The molecule has 0 atom stereocenters. The van der Waals surface area contributed by atoms with Crippen LogP contribution in [0.15, 0.2) is 53.6 Å². The smallest absolute Gasteiger partial charge is 0.191 e. The molecule has 0 aliphatic carbocycles. The van der Waals surface area contributed by atoms with Crippen molar-refractivity contribution in [3.8, 4) is 11.5 Å². The van der Waals surface area contributed by atoms with E-state index < -0.39 is 0 Å². The number of hydrogen-bond acceptors (Lipinski definition) is 4. The van der Waals surface area contributed by atoms with Crippen molar-refractivity contribution in [2.75, 3.05) is 19.5 Å². The molecular formula is C16H17N3O2S. The van der Waals surface area contributed by atoms with Crippen LogP contribution in [-0.2, 0) is 0 Å². The number of thiocarbonyl (C=S) groups is 1. The van der Waals surface area contributed by atoms with Gasteiger partial charge >= 0.3 is 0 Å². The molecule has 5 nitrogen and oxygen atoms in total. The Morgan fingerprint density at radius 2 is 1.64 bits per heavy atom. The van der Waals surface area contributed by atoms with E-state index in [0.29, 0.717) is 10.9 Å². The van der Waals surface area contributed by atoms with Crippen LogP contribution in [0.2, 0.25) is 0 Å². The van der Waals surface area contributed by atoms with Crippen molar-refractivity contribution in [3.05, 3.63) is 54.1 Å². The molecule has 0 aromatic heterocycles. The van der Waals surface area contributed by atoms with Gasteiger partial charge in [0.15, 0.2) is 5.11 Å². The van der Waals surface area contributed by atoms with Crippen LogP contribution in [-0.4, -0.2) is 25.5 Å². The third-order valence-corrected chi connectivity index (χ3v) is 3.06. The minimum atomic E-state index is 0.371. The molecule has 2 aromatic rings.